The first kappa shape index (κ1) is 11.2. The molecule has 0 bridgehead atoms. The quantitative estimate of drug-likeness (QED) is 0.750. The van der Waals surface area contributed by atoms with Crippen molar-refractivity contribution in [1.29, 1.82) is 5.26 Å². The molecule has 1 aliphatic rings. The predicted molar refractivity (Wildman–Crippen MR) is 60.9 cm³/mol. The summed E-state index contributed by atoms with van der Waals surface area (Å²) < 4.78 is 23.8. The van der Waals surface area contributed by atoms with Gasteiger partial charge in [0.15, 0.2) is 9.84 Å². The van der Waals surface area contributed by atoms with E-state index >= 15 is 0 Å². The number of benzene rings is 1. The van der Waals surface area contributed by atoms with E-state index < -0.39 is 9.84 Å². The molecule has 84 valence electrons. The molecule has 0 aliphatic carbocycles. The van der Waals surface area contributed by atoms with Crippen LogP contribution in [0.2, 0.25) is 0 Å². The summed E-state index contributed by atoms with van der Waals surface area (Å²) in [5.74, 6) is 0.513. The predicted octanol–water partition coefficient (Wildman–Crippen LogP) is 2.23. The van der Waals surface area contributed by atoms with Gasteiger partial charge in [0.05, 0.1) is 22.3 Å². The molecular weight excluding hydrogens is 222 g/mol. The van der Waals surface area contributed by atoms with Crippen molar-refractivity contribution in [2.45, 2.75) is 30.6 Å². The van der Waals surface area contributed by atoms with E-state index in [2.05, 4.69) is 6.92 Å². The first-order valence-electron chi connectivity index (χ1n) is 5.35. The van der Waals surface area contributed by atoms with Gasteiger partial charge in [-0.25, -0.2) is 8.42 Å². The maximum absolute atomic E-state index is 11.9. The second-order valence-electron chi connectivity index (χ2n) is 4.08. The molecule has 0 saturated heterocycles. The second kappa shape index (κ2) is 3.91. The molecule has 0 fully saturated rings. The Kier molecular flexibility index (Phi) is 2.73. The number of sulfone groups is 1. The summed E-state index contributed by atoms with van der Waals surface area (Å²) in [7, 11) is -3.17. The Morgan fingerprint density at radius 3 is 2.88 bits per heavy atom. The molecular formula is C12H13NO2S. The van der Waals surface area contributed by atoms with Crippen LogP contribution in [-0.2, 0) is 9.84 Å². The van der Waals surface area contributed by atoms with Crippen LogP contribution in [0.5, 0.6) is 0 Å². The molecule has 0 amide bonds. The highest BCUT2D eigenvalue weighted by Crippen LogP contribution is 2.35. The molecule has 3 nitrogen and oxygen atoms in total. The summed E-state index contributed by atoms with van der Waals surface area (Å²) >= 11 is 0. The molecule has 0 spiro atoms. The minimum absolute atomic E-state index is 0.202. The summed E-state index contributed by atoms with van der Waals surface area (Å²) in [5.41, 5.74) is 1.30. The molecule has 0 saturated carbocycles. The van der Waals surface area contributed by atoms with E-state index in [9.17, 15) is 8.42 Å². The highest BCUT2D eigenvalue weighted by molar-refractivity contribution is 7.91. The van der Waals surface area contributed by atoms with Gasteiger partial charge in [-0.3, -0.25) is 0 Å². The lowest BCUT2D eigenvalue weighted by Gasteiger charge is -2.24. The average Bonchev–Trinajstić information content (AvgIpc) is 2.29. The van der Waals surface area contributed by atoms with Gasteiger partial charge >= 0.3 is 0 Å². The van der Waals surface area contributed by atoms with Crippen molar-refractivity contribution in [3.8, 4) is 6.07 Å². The monoisotopic (exact) mass is 235 g/mol. The Labute approximate surface area is 95.6 Å². The minimum Gasteiger partial charge on any atom is -0.224 e. The fraction of sp³-hybridized carbons (Fsp3) is 0.417. The van der Waals surface area contributed by atoms with Gasteiger partial charge in [-0.05, 0) is 36.5 Å². The molecule has 0 aromatic heterocycles. The van der Waals surface area contributed by atoms with Crippen LogP contribution in [0.1, 0.15) is 36.8 Å². The molecule has 16 heavy (non-hydrogen) atoms. The van der Waals surface area contributed by atoms with E-state index in [1.165, 1.54) is 6.07 Å². The van der Waals surface area contributed by atoms with Gasteiger partial charge in [0.2, 0.25) is 0 Å². The molecule has 1 aliphatic heterocycles. The lowest BCUT2D eigenvalue weighted by molar-refractivity contribution is 0.557. The third-order valence-corrected chi connectivity index (χ3v) is 4.94. The standard InChI is InChI=1S/C12H13NO2S/c1-2-10-5-6-16(14,15)12-7-9(8-13)3-4-11(10)12/h3-4,7,10H,2,5-6H2,1H3. The Hall–Kier alpha value is -1.34. The SMILES string of the molecule is CCC1CCS(=O)(=O)c2cc(C#N)ccc21. The fourth-order valence-electron chi connectivity index (χ4n) is 2.20. The largest absolute Gasteiger partial charge is 0.224 e. The summed E-state index contributed by atoms with van der Waals surface area (Å²) in [4.78, 5) is 0.365. The zero-order chi connectivity index (χ0) is 11.8. The number of nitrogens with zero attached hydrogens (tertiary/aromatic N) is 1. The smallest absolute Gasteiger partial charge is 0.178 e. The van der Waals surface area contributed by atoms with Gasteiger partial charge < -0.3 is 0 Å². The van der Waals surface area contributed by atoms with E-state index in [4.69, 9.17) is 5.26 Å². The van der Waals surface area contributed by atoms with Crippen LogP contribution in [0.3, 0.4) is 0 Å². The summed E-state index contributed by atoms with van der Waals surface area (Å²) in [5, 5.41) is 8.79. The van der Waals surface area contributed by atoms with Gasteiger partial charge in [0.1, 0.15) is 0 Å². The van der Waals surface area contributed by atoms with Crippen molar-refractivity contribution in [3.05, 3.63) is 29.3 Å². The van der Waals surface area contributed by atoms with Crippen LogP contribution in [0.25, 0.3) is 0 Å². The van der Waals surface area contributed by atoms with Crippen molar-refractivity contribution in [1.82, 2.24) is 0 Å². The average molecular weight is 235 g/mol. The van der Waals surface area contributed by atoms with Gasteiger partial charge in [-0.2, -0.15) is 5.26 Å². The minimum atomic E-state index is -3.17. The van der Waals surface area contributed by atoms with Crippen LogP contribution in [-0.4, -0.2) is 14.2 Å². The normalized spacial score (nSPS) is 22.1. The first-order chi connectivity index (χ1) is 7.58. The highest BCUT2D eigenvalue weighted by atomic mass is 32.2. The summed E-state index contributed by atoms with van der Waals surface area (Å²) in [6.45, 7) is 2.06. The molecule has 1 unspecified atom stereocenters. The van der Waals surface area contributed by atoms with Crippen molar-refractivity contribution >= 4 is 9.84 Å². The maximum Gasteiger partial charge on any atom is 0.178 e. The number of rotatable bonds is 1. The van der Waals surface area contributed by atoms with Gasteiger partial charge in [0, 0.05) is 0 Å². The molecule has 4 heteroatoms. The highest BCUT2D eigenvalue weighted by Gasteiger charge is 2.29. The van der Waals surface area contributed by atoms with Crippen LogP contribution < -0.4 is 0 Å². The Morgan fingerprint density at radius 2 is 2.25 bits per heavy atom. The lowest BCUT2D eigenvalue weighted by atomic mass is 9.93. The summed E-state index contributed by atoms with van der Waals surface area (Å²) in [6, 6.07) is 6.98. The Balaban J connectivity index is 2.66. The summed E-state index contributed by atoms with van der Waals surface area (Å²) in [6.07, 6.45) is 1.63. The van der Waals surface area contributed by atoms with Crippen molar-refractivity contribution < 1.29 is 8.42 Å². The van der Waals surface area contributed by atoms with Crippen LogP contribution >= 0.6 is 0 Å². The molecule has 1 atom stereocenters. The van der Waals surface area contributed by atoms with E-state index in [-0.39, 0.29) is 5.75 Å². The topological polar surface area (TPSA) is 57.9 Å². The van der Waals surface area contributed by atoms with Gasteiger partial charge in [-0.1, -0.05) is 13.0 Å². The van der Waals surface area contributed by atoms with Crippen LogP contribution in [0.4, 0.5) is 0 Å². The molecule has 0 radical (unpaired) electrons. The number of hydrogen-bond acceptors (Lipinski definition) is 3. The number of nitriles is 1. The zero-order valence-electron chi connectivity index (χ0n) is 9.10. The number of hydrogen-bond donors (Lipinski definition) is 0. The third-order valence-electron chi connectivity index (χ3n) is 3.15. The third kappa shape index (κ3) is 1.72. The lowest BCUT2D eigenvalue weighted by Crippen LogP contribution is -2.19. The molecule has 1 heterocycles. The van der Waals surface area contributed by atoms with Crippen molar-refractivity contribution in [3.63, 3.8) is 0 Å². The van der Waals surface area contributed by atoms with E-state index in [0.717, 1.165) is 12.0 Å². The molecule has 0 N–H and O–H groups in total. The molecule has 1 aromatic rings. The Morgan fingerprint density at radius 1 is 1.50 bits per heavy atom. The van der Waals surface area contributed by atoms with E-state index in [0.29, 0.717) is 22.8 Å². The first-order valence-corrected chi connectivity index (χ1v) is 7.00. The number of fused-ring (bicyclic) bond motifs is 1. The van der Waals surface area contributed by atoms with Crippen LogP contribution in [0, 0.1) is 11.3 Å². The van der Waals surface area contributed by atoms with Gasteiger partial charge in [-0.15, -0.1) is 0 Å². The maximum atomic E-state index is 11.9. The van der Waals surface area contributed by atoms with E-state index in [1.807, 2.05) is 6.07 Å². The van der Waals surface area contributed by atoms with Crippen molar-refractivity contribution in [2.75, 3.05) is 5.75 Å². The van der Waals surface area contributed by atoms with Gasteiger partial charge in [0.25, 0.3) is 0 Å². The second-order valence-corrected chi connectivity index (χ2v) is 6.15. The molecule has 2 rings (SSSR count). The van der Waals surface area contributed by atoms with Crippen molar-refractivity contribution in [2.24, 2.45) is 0 Å². The fourth-order valence-corrected chi connectivity index (χ4v) is 3.91. The van der Waals surface area contributed by atoms with Crippen LogP contribution in [0.15, 0.2) is 23.1 Å². The Bertz CT molecular complexity index is 555. The van der Waals surface area contributed by atoms with E-state index in [1.54, 1.807) is 12.1 Å². The zero-order valence-corrected chi connectivity index (χ0v) is 9.92. The molecule has 1 aromatic carbocycles.